The van der Waals surface area contributed by atoms with Crippen molar-refractivity contribution in [3.63, 3.8) is 0 Å². The summed E-state index contributed by atoms with van der Waals surface area (Å²) in [7, 11) is 2.04. The molecule has 0 N–H and O–H groups in total. The number of anilines is 1. The molecule has 3 aromatic heterocycles. The zero-order chi connectivity index (χ0) is 21.4. The summed E-state index contributed by atoms with van der Waals surface area (Å²) >= 11 is 5.01. The predicted molar refractivity (Wildman–Crippen MR) is 136 cm³/mol. The van der Waals surface area contributed by atoms with Gasteiger partial charge >= 0.3 is 0 Å². The Balaban J connectivity index is 1.50. The Morgan fingerprint density at radius 3 is 2.61 bits per heavy atom. The normalized spacial score (nSPS) is 11.8. The fourth-order valence-electron chi connectivity index (χ4n) is 3.41. The van der Waals surface area contributed by atoms with Crippen molar-refractivity contribution in [1.82, 2.24) is 4.98 Å². The summed E-state index contributed by atoms with van der Waals surface area (Å²) in [5, 5.41) is 4.35. The molecule has 31 heavy (non-hydrogen) atoms. The van der Waals surface area contributed by atoms with Crippen molar-refractivity contribution >= 4 is 81.2 Å². The van der Waals surface area contributed by atoms with Crippen molar-refractivity contribution in [1.29, 1.82) is 0 Å². The van der Waals surface area contributed by atoms with E-state index in [1.54, 1.807) is 34.0 Å². The van der Waals surface area contributed by atoms with Gasteiger partial charge in [-0.1, -0.05) is 12.1 Å². The Kier molecular flexibility index (Phi) is 5.17. The number of rotatable bonds is 5. The average molecular weight is 457 g/mol. The lowest BCUT2D eigenvalue weighted by Gasteiger charge is -2.12. The lowest BCUT2D eigenvalue weighted by atomic mass is 10.2. The fourth-order valence-corrected chi connectivity index (χ4v) is 6.51. The van der Waals surface area contributed by atoms with Gasteiger partial charge in [0, 0.05) is 21.3 Å². The lowest BCUT2D eigenvalue weighted by molar-refractivity contribution is 0.953. The van der Waals surface area contributed by atoms with Crippen LogP contribution in [-0.2, 0) is 0 Å². The third-order valence-corrected chi connectivity index (χ3v) is 8.31. The van der Waals surface area contributed by atoms with Crippen LogP contribution < -0.4 is 4.90 Å². The Hall–Kier alpha value is -3.23. The van der Waals surface area contributed by atoms with Crippen LogP contribution in [0.3, 0.4) is 0 Å². The van der Waals surface area contributed by atoms with Crippen LogP contribution in [0.25, 0.3) is 51.9 Å². The van der Waals surface area contributed by atoms with Crippen LogP contribution >= 0.6 is 34.0 Å². The highest BCUT2D eigenvalue weighted by Crippen LogP contribution is 2.38. The molecule has 3 heterocycles. The summed E-state index contributed by atoms with van der Waals surface area (Å²) in [6, 6.07) is 16.8. The van der Waals surface area contributed by atoms with E-state index in [1.165, 1.54) is 25.2 Å². The highest BCUT2D eigenvalue weighted by atomic mass is 32.1. The topological polar surface area (TPSA) is 24.9 Å². The number of thiazole rings is 1. The number of fused-ring (bicyclic) bond motifs is 3. The second-order valence-corrected chi connectivity index (χ2v) is 10.3. The van der Waals surface area contributed by atoms with Crippen LogP contribution in [0.5, 0.6) is 0 Å². The molecule has 7 heteroatoms. The van der Waals surface area contributed by atoms with E-state index in [1.807, 2.05) is 37.4 Å². The molecule has 150 valence electrons. The van der Waals surface area contributed by atoms with Gasteiger partial charge in [0.25, 0.3) is 0 Å². The summed E-state index contributed by atoms with van der Waals surface area (Å²) in [6.07, 6.45) is 1.95. The van der Waals surface area contributed by atoms with Crippen molar-refractivity contribution in [3.05, 3.63) is 81.3 Å². The first-order valence-corrected chi connectivity index (χ1v) is 12.1. The third kappa shape index (κ3) is 3.80. The van der Waals surface area contributed by atoms with Crippen LogP contribution in [0, 0.1) is 13.1 Å². The number of nitrogens with zero attached hydrogens (tertiary/aromatic N) is 4. The van der Waals surface area contributed by atoms with E-state index in [0.29, 0.717) is 12.2 Å². The fraction of sp³-hybridized carbons (Fsp3) is 0.125. The van der Waals surface area contributed by atoms with Crippen molar-refractivity contribution in [2.75, 3.05) is 25.0 Å². The summed E-state index contributed by atoms with van der Waals surface area (Å²) < 4.78 is 3.55. The molecule has 0 unspecified atom stereocenters. The molecule has 0 bridgehead atoms. The van der Waals surface area contributed by atoms with Gasteiger partial charge in [-0.3, -0.25) is 0 Å². The van der Waals surface area contributed by atoms with Gasteiger partial charge in [-0.2, -0.15) is 0 Å². The molecule has 5 rings (SSSR count). The van der Waals surface area contributed by atoms with Gasteiger partial charge in [0.15, 0.2) is 0 Å². The van der Waals surface area contributed by atoms with Gasteiger partial charge in [0.1, 0.15) is 5.01 Å². The molecular formula is C24H16N4S3. The molecule has 0 saturated heterocycles. The number of aromatic nitrogens is 1. The summed E-state index contributed by atoms with van der Waals surface area (Å²) in [5.41, 5.74) is 1.52. The quantitative estimate of drug-likeness (QED) is 0.256. The van der Waals surface area contributed by atoms with Gasteiger partial charge in [-0.25, -0.2) is 16.4 Å². The molecule has 0 aliphatic carbocycles. The minimum absolute atomic E-state index is 0.508. The van der Waals surface area contributed by atoms with Gasteiger partial charge in [0.05, 0.1) is 28.3 Å². The van der Waals surface area contributed by atoms with E-state index in [-0.39, 0.29) is 0 Å². The van der Waals surface area contributed by atoms with Crippen molar-refractivity contribution in [3.8, 4) is 0 Å². The monoisotopic (exact) mass is 456 g/mol. The number of likely N-dealkylation sites (N-methyl/N-ethyl adjacent to an activating group) is 1. The molecule has 4 nitrogen and oxygen atoms in total. The summed E-state index contributed by atoms with van der Waals surface area (Å²) in [5.74, 6) is 0. The maximum absolute atomic E-state index is 7.67. The van der Waals surface area contributed by atoms with E-state index in [9.17, 15) is 0 Å². The molecule has 0 radical (unpaired) electrons. The summed E-state index contributed by atoms with van der Waals surface area (Å²) in [4.78, 5) is 15.1. The standard InChI is InChI=1S/C24H16N4S3/c1-25-8-9-28(3)23-12-16-10-15-11-17(29-21(15)14-22(16)30-23)13-19(26-2)24-27-18-6-4-5-7-20(18)31-24/h4-7,10-14H,8-9H2,3H3/b19-13-. The van der Waals surface area contributed by atoms with E-state index in [4.69, 9.17) is 13.1 Å². The molecule has 0 spiro atoms. The van der Waals surface area contributed by atoms with Crippen molar-refractivity contribution in [2.45, 2.75) is 0 Å². The number of hydrogen-bond acceptors (Lipinski definition) is 5. The maximum atomic E-state index is 7.67. The Morgan fingerprint density at radius 1 is 1.00 bits per heavy atom. The number of benzene rings is 2. The van der Waals surface area contributed by atoms with Crippen LogP contribution in [0.4, 0.5) is 5.00 Å². The summed E-state index contributed by atoms with van der Waals surface area (Å²) in [6.45, 7) is 15.9. The third-order valence-electron chi connectivity index (χ3n) is 5.00. The Morgan fingerprint density at radius 2 is 1.81 bits per heavy atom. The highest BCUT2D eigenvalue weighted by molar-refractivity contribution is 7.24. The largest absolute Gasteiger partial charge is 0.359 e. The second kappa shape index (κ2) is 8.13. The SMILES string of the molecule is [C-]#[N+]CCN(C)c1cc2cc3cc(/C=C(\[N+]#[C-])c4nc5ccccc5s4)sc3cc2s1. The first-order chi connectivity index (χ1) is 15.1. The zero-order valence-electron chi connectivity index (χ0n) is 16.6. The average Bonchev–Trinajstić information content (AvgIpc) is 3.48. The van der Waals surface area contributed by atoms with E-state index in [0.717, 1.165) is 26.6 Å². The molecule has 0 aliphatic rings. The van der Waals surface area contributed by atoms with Gasteiger partial charge in [-0.05, 0) is 53.2 Å². The van der Waals surface area contributed by atoms with Gasteiger partial charge < -0.3 is 9.74 Å². The van der Waals surface area contributed by atoms with Gasteiger partial charge in [-0.15, -0.1) is 34.0 Å². The van der Waals surface area contributed by atoms with Crippen LogP contribution in [0.2, 0.25) is 0 Å². The zero-order valence-corrected chi connectivity index (χ0v) is 19.1. The van der Waals surface area contributed by atoms with E-state index in [2.05, 4.69) is 43.8 Å². The predicted octanol–water partition coefficient (Wildman–Crippen LogP) is 7.50. The minimum atomic E-state index is 0.508. The molecule has 0 aliphatic heterocycles. The molecule has 0 atom stereocenters. The minimum Gasteiger partial charge on any atom is -0.359 e. The lowest BCUT2D eigenvalue weighted by Crippen LogP contribution is -2.18. The smallest absolute Gasteiger partial charge is 0.231 e. The molecule has 0 fully saturated rings. The van der Waals surface area contributed by atoms with Crippen molar-refractivity contribution in [2.24, 2.45) is 0 Å². The number of hydrogen-bond donors (Lipinski definition) is 0. The van der Waals surface area contributed by atoms with Gasteiger partial charge in [0.2, 0.25) is 12.2 Å². The van der Waals surface area contributed by atoms with E-state index < -0.39 is 0 Å². The van der Waals surface area contributed by atoms with Crippen LogP contribution in [0.15, 0.2) is 48.5 Å². The second-order valence-electron chi connectivity index (χ2n) is 7.09. The first kappa shape index (κ1) is 19.7. The molecule has 5 aromatic rings. The Bertz CT molecular complexity index is 1450. The highest BCUT2D eigenvalue weighted by Gasteiger charge is 2.12. The Labute approximate surface area is 192 Å². The van der Waals surface area contributed by atoms with Crippen LogP contribution in [0.1, 0.15) is 9.88 Å². The molecular weight excluding hydrogens is 440 g/mol. The number of thiophene rings is 2. The van der Waals surface area contributed by atoms with Crippen LogP contribution in [-0.4, -0.2) is 25.1 Å². The molecule has 2 aromatic carbocycles. The maximum Gasteiger partial charge on any atom is 0.231 e. The van der Waals surface area contributed by atoms with Crippen molar-refractivity contribution < 1.29 is 0 Å². The number of para-hydroxylation sites is 1. The van der Waals surface area contributed by atoms with E-state index >= 15 is 0 Å². The molecule has 0 saturated carbocycles. The first-order valence-electron chi connectivity index (χ1n) is 9.61. The molecule has 0 amide bonds.